The number of para-hydroxylation sites is 2. The smallest absolute Gasteiger partial charge is 0.179 e. The van der Waals surface area contributed by atoms with E-state index in [1.54, 1.807) is 0 Å². The Morgan fingerprint density at radius 1 is 0.393 bits per heavy atom. The Hall–Kier alpha value is -7.86. The molecule has 12 rings (SSSR count). The summed E-state index contributed by atoms with van der Waals surface area (Å²) in [6.45, 7) is 0. The molecule has 4 nitrogen and oxygen atoms in total. The topological polar surface area (TPSA) is 43.9 Å². The molecule has 0 N–H and O–H groups in total. The van der Waals surface area contributed by atoms with E-state index in [1.165, 1.54) is 26.1 Å². The fraction of sp³-hybridized carbons (Fsp3) is 0. The minimum absolute atomic E-state index is 0.681. The van der Waals surface area contributed by atoms with Gasteiger partial charge in [-0.2, -0.15) is 0 Å². The van der Waals surface area contributed by atoms with Crippen LogP contribution in [0.25, 0.3) is 83.0 Å². The van der Waals surface area contributed by atoms with Gasteiger partial charge in [0.2, 0.25) is 0 Å². The van der Waals surface area contributed by atoms with E-state index in [1.807, 2.05) is 18.2 Å². The molecule has 0 spiro atoms. The van der Waals surface area contributed by atoms with Crippen LogP contribution in [0.3, 0.4) is 0 Å². The number of rotatable bonds is 7. The van der Waals surface area contributed by atoms with Gasteiger partial charge in [0.15, 0.2) is 19.5 Å². The van der Waals surface area contributed by atoms with Crippen molar-refractivity contribution in [2.75, 3.05) is 0 Å². The third kappa shape index (κ3) is 5.52. The number of hydrogen-bond acceptors (Lipinski definition) is 3. The second kappa shape index (κ2) is 14.2. The molecule has 0 saturated heterocycles. The van der Waals surface area contributed by atoms with Crippen molar-refractivity contribution in [1.82, 2.24) is 14.5 Å². The maximum Gasteiger partial charge on any atom is 0.179 e. The fourth-order valence-corrected chi connectivity index (χ4v) is 14.4. The van der Waals surface area contributed by atoms with E-state index < -0.39 is 8.07 Å². The van der Waals surface area contributed by atoms with Crippen LogP contribution in [0.15, 0.2) is 229 Å². The first kappa shape index (κ1) is 35.1. The van der Waals surface area contributed by atoms with Gasteiger partial charge in [-0.15, -0.1) is 0 Å². The monoisotopic (exact) mass is 795 g/mol. The summed E-state index contributed by atoms with van der Waals surface area (Å²) in [6, 6.07) is 80.8. The maximum atomic E-state index is 6.85. The van der Waals surface area contributed by atoms with Gasteiger partial charge in [-0.25, -0.2) is 9.97 Å². The van der Waals surface area contributed by atoms with Crippen molar-refractivity contribution in [2.45, 2.75) is 0 Å². The van der Waals surface area contributed by atoms with E-state index in [2.05, 4.69) is 211 Å². The van der Waals surface area contributed by atoms with Crippen LogP contribution in [-0.2, 0) is 0 Å². The molecule has 0 aliphatic rings. The lowest BCUT2D eigenvalue weighted by Crippen LogP contribution is -2.74. The molecule has 5 heteroatoms. The second-order valence-corrected chi connectivity index (χ2v) is 19.5. The highest BCUT2D eigenvalue weighted by Gasteiger charge is 2.41. The standard InChI is InChI=1S/C56H37N3OSi/c1-5-18-38(19-6-1)53-48-29-13-15-30-50(48)57-56(58-53)39-20-17-21-40(36-39)59-51-35-32-44(37-49(51)46-33-34-47-45-28-14-16-31-52(45)60-55(47)54(46)59)61(41-22-7-2-8-23-41,42-24-9-3-10-25-42)43-26-11-4-12-27-43/h1-37H. The molecule has 9 aromatic carbocycles. The molecule has 0 fully saturated rings. The summed E-state index contributed by atoms with van der Waals surface area (Å²) >= 11 is 0. The first-order valence-corrected chi connectivity index (χ1v) is 22.7. The second-order valence-electron chi connectivity index (χ2n) is 15.7. The summed E-state index contributed by atoms with van der Waals surface area (Å²) in [7, 11) is -2.81. The highest BCUT2D eigenvalue weighted by Crippen LogP contribution is 2.41. The van der Waals surface area contributed by atoms with Crippen molar-refractivity contribution in [3.63, 3.8) is 0 Å². The molecule has 0 aliphatic heterocycles. The quantitative estimate of drug-likeness (QED) is 0.119. The van der Waals surface area contributed by atoms with Crippen molar-refractivity contribution in [2.24, 2.45) is 0 Å². The normalized spacial score (nSPS) is 11.9. The maximum absolute atomic E-state index is 6.85. The van der Waals surface area contributed by atoms with Crippen LogP contribution in [0.2, 0.25) is 0 Å². The highest BCUT2D eigenvalue weighted by atomic mass is 28.3. The lowest BCUT2D eigenvalue weighted by atomic mass is 10.1. The summed E-state index contributed by atoms with van der Waals surface area (Å²) in [5.74, 6) is 0.681. The van der Waals surface area contributed by atoms with Crippen LogP contribution < -0.4 is 20.7 Å². The third-order valence-corrected chi connectivity index (χ3v) is 17.1. The van der Waals surface area contributed by atoms with Gasteiger partial charge >= 0.3 is 0 Å². The Morgan fingerprint density at radius 3 is 1.69 bits per heavy atom. The Bertz CT molecular complexity index is 3480. The summed E-state index contributed by atoms with van der Waals surface area (Å²) in [4.78, 5) is 10.4. The first-order chi connectivity index (χ1) is 30.3. The fourth-order valence-electron chi connectivity index (χ4n) is 9.65. The van der Waals surface area contributed by atoms with Gasteiger partial charge < -0.3 is 8.98 Å². The number of fused-ring (bicyclic) bond motifs is 8. The van der Waals surface area contributed by atoms with Crippen molar-refractivity contribution in [3.8, 4) is 28.3 Å². The average Bonchev–Trinajstić information content (AvgIpc) is 3.89. The zero-order valence-corrected chi connectivity index (χ0v) is 34.1. The lowest BCUT2D eigenvalue weighted by molar-refractivity contribution is 0.671. The van der Waals surface area contributed by atoms with Crippen LogP contribution in [0.5, 0.6) is 0 Å². The van der Waals surface area contributed by atoms with Gasteiger partial charge in [-0.05, 0) is 57.1 Å². The van der Waals surface area contributed by atoms with Crippen LogP contribution in [0, 0.1) is 0 Å². The van der Waals surface area contributed by atoms with Crippen LogP contribution in [-0.4, -0.2) is 22.6 Å². The third-order valence-electron chi connectivity index (χ3n) is 12.3. The van der Waals surface area contributed by atoms with E-state index in [0.717, 1.165) is 71.8 Å². The molecule has 0 aliphatic carbocycles. The number of furan rings is 1. The first-order valence-electron chi connectivity index (χ1n) is 20.7. The van der Waals surface area contributed by atoms with Crippen molar-refractivity contribution in [3.05, 3.63) is 224 Å². The van der Waals surface area contributed by atoms with E-state index in [4.69, 9.17) is 14.4 Å². The molecule has 286 valence electrons. The average molecular weight is 796 g/mol. The van der Waals surface area contributed by atoms with Gasteiger partial charge in [-0.3, -0.25) is 0 Å². The van der Waals surface area contributed by atoms with Crippen LogP contribution in [0.1, 0.15) is 0 Å². The minimum Gasteiger partial charge on any atom is -0.454 e. The van der Waals surface area contributed by atoms with Crippen molar-refractivity contribution < 1.29 is 4.42 Å². The van der Waals surface area contributed by atoms with Gasteiger partial charge in [0.1, 0.15) is 5.58 Å². The van der Waals surface area contributed by atoms with E-state index in [0.29, 0.717) is 5.82 Å². The van der Waals surface area contributed by atoms with Crippen LogP contribution >= 0.6 is 0 Å². The highest BCUT2D eigenvalue weighted by molar-refractivity contribution is 7.20. The molecule has 3 aromatic heterocycles. The molecule has 61 heavy (non-hydrogen) atoms. The van der Waals surface area contributed by atoms with Crippen molar-refractivity contribution >= 4 is 83.5 Å². The van der Waals surface area contributed by atoms with Gasteiger partial charge in [0, 0.05) is 43.7 Å². The zero-order chi connectivity index (χ0) is 40.3. The SMILES string of the molecule is c1ccc(-c2nc(-c3cccc(-n4c5ccc([Si](c6ccccc6)(c6ccccc6)c6ccccc6)cc5c5ccc6c7ccccc7oc6c54)c3)nc3ccccc23)cc1. The minimum atomic E-state index is -2.81. The number of hydrogen-bond donors (Lipinski definition) is 0. The largest absolute Gasteiger partial charge is 0.454 e. The molecule has 0 atom stereocenters. The zero-order valence-electron chi connectivity index (χ0n) is 33.1. The van der Waals surface area contributed by atoms with E-state index in [-0.39, 0.29) is 0 Å². The summed E-state index contributed by atoms with van der Waals surface area (Å²) < 4.78 is 9.24. The number of benzene rings is 9. The molecule has 3 heterocycles. The van der Waals surface area contributed by atoms with E-state index in [9.17, 15) is 0 Å². The number of aromatic nitrogens is 3. The molecule has 0 bridgehead atoms. The molecule has 0 radical (unpaired) electrons. The van der Waals surface area contributed by atoms with Gasteiger partial charge in [-0.1, -0.05) is 188 Å². The molecular formula is C56H37N3OSi. The Balaban J connectivity index is 1.15. The summed E-state index contributed by atoms with van der Waals surface area (Å²) in [6.07, 6.45) is 0. The van der Waals surface area contributed by atoms with E-state index >= 15 is 0 Å². The van der Waals surface area contributed by atoms with Gasteiger partial charge in [0.25, 0.3) is 0 Å². The Labute approximate surface area is 353 Å². The predicted octanol–water partition coefficient (Wildman–Crippen LogP) is 11.3. The number of nitrogens with zero attached hydrogens (tertiary/aromatic N) is 3. The summed E-state index contributed by atoms with van der Waals surface area (Å²) in [5.41, 5.74) is 8.72. The lowest BCUT2D eigenvalue weighted by Gasteiger charge is -2.34. The predicted molar refractivity (Wildman–Crippen MR) is 256 cm³/mol. The van der Waals surface area contributed by atoms with Crippen LogP contribution in [0.4, 0.5) is 0 Å². The molecule has 0 amide bonds. The Morgan fingerprint density at radius 2 is 0.984 bits per heavy atom. The molecular weight excluding hydrogens is 759 g/mol. The molecule has 0 unspecified atom stereocenters. The molecule has 0 saturated carbocycles. The van der Waals surface area contributed by atoms with Crippen molar-refractivity contribution in [1.29, 1.82) is 0 Å². The Kier molecular flexibility index (Phi) is 8.15. The van der Waals surface area contributed by atoms with Gasteiger partial charge in [0.05, 0.1) is 22.2 Å². The molecule has 12 aromatic rings. The summed E-state index contributed by atoms with van der Waals surface area (Å²) in [5, 5.41) is 10.9.